The standard InChI is InChI=1S/C14H24BrN3O2/c1-4-6-18-11-12(15)10-13(18)14(19)16-5-8-20-9-7-17(2)3/h10-11H,4-9H2,1-3H3,(H,16,19). The molecule has 0 unspecified atom stereocenters. The Morgan fingerprint density at radius 2 is 2.20 bits per heavy atom. The molecule has 20 heavy (non-hydrogen) atoms. The molecule has 6 heteroatoms. The third-order valence-corrected chi connectivity index (χ3v) is 3.21. The van der Waals surface area contributed by atoms with Crippen molar-refractivity contribution in [2.75, 3.05) is 40.4 Å². The van der Waals surface area contributed by atoms with Gasteiger partial charge in [0.25, 0.3) is 5.91 Å². The zero-order valence-electron chi connectivity index (χ0n) is 12.5. The number of nitrogens with zero attached hydrogens (tertiary/aromatic N) is 2. The molecule has 0 saturated heterocycles. The van der Waals surface area contributed by atoms with Crippen molar-refractivity contribution >= 4 is 21.8 Å². The van der Waals surface area contributed by atoms with Crippen molar-refractivity contribution in [1.29, 1.82) is 0 Å². The lowest BCUT2D eigenvalue weighted by atomic mass is 10.3. The van der Waals surface area contributed by atoms with Crippen molar-refractivity contribution < 1.29 is 9.53 Å². The normalized spacial score (nSPS) is 11.1. The third-order valence-electron chi connectivity index (χ3n) is 2.78. The topological polar surface area (TPSA) is 46.5 Å². The second kappa shape index (κ2) is 9.15. The van der Waals surface area contributed by atoms with Crippen LogP contribution in [-0.2, 0) is 11.3 Å². The molecule has 0 aliphatic rings. The van der Waals surface area contributed by atoms with E-state index >= 15 is 0 Å². The van der Waals surface area contributed by atoms with Crippen LogP contribution in [0.2, 0.25) is 0 Å². The maximum Gasteiger partial charge on any atom is 0.268 e. The number of likely N-dealkylation sites (N-methyl/N-ethyl adjacent to an activating group) is 1. The molecule has 114 valence electrons. The summed E-state index contributed by atoms with van der Waals surface area (Å²) in [6.45, 7) is 5.57. The smallest absolute Gasteiger partial charge is 0.268 e. The SMILES string of the molecule is CCCn1cc(Br)cc1C(=O)NCCOCCN(C)C. The highest BCUT2D eigenvalue weighted by atomic mass is 79.9. The van der Waals surface area contributed by atoms with Crippen molar-refractivity contribution in [3.8, 4) is 0 Å². The van der Waals surface area contributed by atoms with E-state index < -0.39 is 0 Å². The van der Waals surface area contributed by atoms with Crippen LogP contribution >= 0.6 is 15.9 Å². The zero-order valence-corrected chi connectivity index (χ0v) is 14.1. The Kier molecular flexibility index (Phi) is 7.87. The molecular weight excluding hydrogens is 322 g/mol. The lowest BCUT2D eigenvalue weighted by Crippen LogP contribution is -2.29. The minimum atomic E-state index is -0.0552. The van der Waals surface area contributed by atoms with Crippen molar-refractivity contribution in [1.82, 2.24) is 14.8 Å². The molecule has 0 aliphatic carbocycles. The van der Waals surface area contributed by atoms with Crippen molar-refractivity contribution in [3.05, 3.63) is 22.4 Å². The summed E-state index contributed by atoms with van der Waals surface area (Å²) in [4.78, 5) is 14.1. The highest BCUT2D eigenvalue weighted by molar-refractivity contribution is 9.10. The van der Waals surface area contributed by atoms with Gasteiger partial charge in [-0.15, -0.1) is 0 Å². The van der Waals surface area contributed by atoms with Crippen LogP contribution in [0.3, 0.4) is 0 Å². The van der Waals surface area contributed by atoms with Crippen LogP contribution in [-0.4, -0.2) is 55.8 Å². The first-order valence-corrected chi connectivity index (χ1v) is 7.70. The molecule has 1 amide bonds. The second-order valence-electron chi connectivity index (χ2n) is 4.91. The highest BCUT2D eigenvalue weighted by Gasteiger charge is 2.11. The van der Waals surface area contributed by atoms with Gasteiger partial charge in [0.15, 0.2) is 0 Å². The molecule has 0 atom stereocenters. The number of amides is 1. The fraction of sp³-hybridized carbons (Fsp3) is 0.643. The number of carbonyl (C=O) groups excluding carboxylic acids is 1. The predicted molar refractivity (Wildman–Crippen MR) is 84.1 cm³/mol. The minimum Gasteiger partial charge on any atom is -0.378 e. The summed E-state index contributed by atoms with van der Waals surface area (Å²) in [7, 11) is 4.01. The number of aromatic nitrogens is 1. The van der Waals surface area contributed by atoms with Gasteiger partial charge in [-0.2, -0.15) is 0 Å². The summed E-state index contributed by atoms with van der Waals surface area (Å²) >= 11 is 3.41. The number of aryl methyl sites for hydroxylation is 1. The van der Waals surface area contributed by atoms with Gasteiger partial charge in [-0.3, -0.25) is 4.79 Å². The molecule has 1 aromatic rings. The first-order valence-electron chi connectivity index (χ1n) is 6.91. The quantitative estimate of drug-likeness (QED) is 0.696. The fourth-order valence-electron chi connectivity index (χ4n) is 1.77. The summed E-state index contributed by atoms with van der Waals surface area (Å²) < 4.78 is 8.33. The van der Waals surface area contributed by atoms with E-state index in [4.69, 9.17) is 4.74 Å². The van der Waals surface area contributed by atoms with Crippen LogP contribution in [0.15, 0.2) is 16.7 Å². The third kappa shape index (κ3) is 6.07. The van der Waals surface area contributed by atoms with Gasteiger partial charge in [0.2, 0.25) is 0 Å². The van der Waals surface area contributed by atoms with Crippen LogP contribution in [0.4, 0.5) is 0 Å². The Bertz CT molecular complexity index is 419. The number of ether oxygens (including phenoxy) is 1. The largest absolute Gasteiger partial charge is 0.378 e. The van der Waals surface area contributed by atoms with Gasteiger partial charge in [0.05, 0.1) is 13.2 Å². The van der Waals surface area contributed by atoms with Crippen LogP contribution in [0.5, 0.6) is 0 Å². The van der Waals surface area contributed by atoms with Gasteiger partial charge in [0.1, 0.15) is 5.69 Å². The van der Waals surface area contributed by atoms with E-state index in [9.17, 15) is 4.79 Å². The Hall–Kier alpha value is -0.850. The monoisotopic (exact) mass is 345 g/mol. The van der Waals surface area contributed by atoms with Gasteiger partial charge >= 0.3 is 0 Å². The van der Waals surface area contributed by atoms with E-state index in [-0.39, 0.29) is 5.91 Å². The molecule has 1 N–H and O–H groups in total. The van der Waals surface area contributed by atoms with E-state index in [0.717, 1.165) is 24.0 Å². The Morgan fingerprint density at radius 3 is 2.85 bits per heavy atom. The van der Waals surface area contributed by atoms with Gasteiger partial charge in [-0.25, -0.2) is 0 Å². The van der Waals surface area contributed by atoms with Crippen LogP contribution in [0.1, 0.15) is 23.8 Å². The molecule has 0 aromatic carbocycles. The van der Waals surface area contributed by atoms with Crippen molar-refractivity contribution in [2.24, 2.45) is 0 Å². The van der Waals surface area contributed by atoms with Crippen LogP contribution in [0, 0.1) is 0 Å². The minimum absolute atomic E-state index is 0.0552. The van der Waals surface area contributed by atoms with Gasteiger partial charge in [-0.05, 0) is 42.5 Å². The lowest BCUT2D eigenvalue weighted by molar-refractivity contribution is 0.0892. The van der Waals surface area contributed by atoms with E-state index in [0.29, 0.717) is 25.5 Å². The maximum absolute atomic E-state index is 12.1. The molecule has 0 spiro atoms. The zero-order chi connectivity index (χ0) is 15.0. The van der Waals surface area contributed by atoms with E-state index in [1.807, 2.05) is 30.9 Å². The Labute approximate surface area is 129 Å². The summed E-state index contributed by atoms with van der Waals surface area (Å²) in [5.41, 5.74) is 0.687. The summed E-state index contributed by atoms with van der Waals surface area (Å²) in [6, 6.07) is 1.85. The molecule has 0 bridgehead atoms. The predicted octanol–water partition coefficient (Wildman–Crippen LogP) is 1.97. The summed E-state index contributed by atoms with van der Waals surface area (Å²) in [5.74, 6) is -0.0552. The van der Waals surface area contributed by atoms with Gasteiger partial charge in [0, 0.05) is 30.3 Å². The molecule has 1 heterocycles. The second-order valence-corrected chi connectivity index (χ2v) is 5.82. The van der Waals surface area contributed by atoms with E-state index in [2.05, 4.69) is 33.1 Å². The molecule has 5 nitrogen and oxygen atoms in total. The maximum atomic E-state index is 12.1. The average molecular weight is 346 g/mol. The molecule has 1 aromatic heterocycles. The average Bonchev–Trinajstić information content (AvgIpc) is 2.74. The molecule has 0 saturated carbocycles. The number of hydrogen-bond donors (Lipinski definition) is 1. The Balaban J connectivity index is 2.32. The van der Waals surface area contributed by atoms with Crippen molar-refractivity contribution in [3.63, 3.8) is 0 Å². The number of hydrogen-bond acceptors (Lipinski definition) is 3. The fourth-order valence-corrected chi connectivity index (χ4v) is 2.23. The molecule has 0 aliphatic heterocycles. The number of halogens is 1. The van der Waals surface area contributed by atoms with Gasteiger partial charge < -0.3 is 19.5 Å². The number of nitrogens with one attached hydrogen (secondary N) is 1. The summed E-state index contributed by atoms with van der Waals surface area (Å²) in [6.07, 6.45) is 2.93. The van der Waals surface area contributed by atoms with Crippen LogP contribution < -0.4 is 5.32 Å². The lowest BCUT2D eigenvalue weighted by Gasteiger charge is -2.11. The Morgan fingerprint density at radius 1 is 1.45 bits per heavy atom. The molecule has 0 fully saturated rings. The number of carbonyl (C=O) groups is 1. The van der Waals surface area contributed by atoms with Crippen molar-refractivity contribution in [2.45, 2.75) is 19.9 Å². The van der Waals surface area contributed by atoms with Gasteiger partial charge in [-0.1, -0.05) is 6.92 Å². The molecule has 1 rings (SSSR count). The van der Waals surface area contributed by atoms with E-state index in [1.54, 1.807) is 0 Å². The molecule has 0 radical (unpaired) electrons. The van der Waals surface area contributed by atoms with Crippen LogP contribution in [0.25, 0.3) is 0 Å². The van der Waals surface area contributed by atoms with E-state index in [1.165, 1.54) is 0 Å². The first-order chi connectivity index (χ1) is 9.54. The summed E-state index contributed by atoms with van der Waals surface area (Å²) in [5, 5.41) is 2.88. The first kappa shape index (κ1) is 17.2. The number of rotatable bonds is 9. The molecular formula is C14H24BrN3O2. The highest BCUT2D eigenvalue weighted by Crippen LogP contribution is 2.15.